The Morgan fingerprint density at radius 2 is 1.78 bits per heavy atom. The zero-order valence-electron chi connectivity index (χ0n) is 9.28. The number of hydrogen-bond donors (Lipinski definition) is 2. The fraction of sp³-hybridized carbons (Fsp3) is 0. The summed E-state index contributed by atoms with van der Waals surface area (Å²) in [6, 6.07) is 15.4. The van der Waals surface area contributed by atoms with E-state index in [2.05, 4.69) is 33.2 Å². The van der Waals surface area contributed by atoms with Crippen molar-refractivity contribution < 1.29 is 0 Å². The zero-order chi connectivity index (χ0) is 13.0. The fourth-order valence-electron chi connectivity index (χ4n) is 1.40. The Labute approximate surface area is 130 Å². The third kappa shape index (κ3) is 3.83. The van der Waals surface area contributed by atoms with Gasteiger partial charge in [-0.25, -0.2) is 0 Å². The monoisotopic (exact) mass is 388 g/mol. The number of rotatable bonds is 2. The molecule has 18 heavy (non-hydrogen) atoms. The van der Waals surface area contributed by atoms with E-state index in [1.165, 1.54) is 0 Å². The molecular formula is C13H10ClIN2S. The van der Waals surface area contributed by atoms with Crippen LogP contribution in [0.4, 0.5) is 11.4 Å². The maximum Gasteiger partial charge on any atom is 0.175 e. The van der Waals surface area contributed by atoms with Crippen molar-refractivity contribution in [2.45, 2.75) is 0 Å². The van der Waals surface area contributed by atoms with Gasteiger partial charge in [-0.3, -0.25) is 0 Å². The van der Waals surface area contributed by atoms with Gasteiger partial charge in [-0.05, 0) is 65.1 Å². The Morgan fingerprint density at radius 1 is 1.06 bits per heavy atom. The highest BCUT2D eigenvalue weighted by atomic mass is 127. The number of benzene rings is 2. The van der Waals surface area contributed by atoms with Crippen LogP contribution in [0.3, 0.4) is 0 Å². The van der Waals surface area contributed by atoms with E-state index in [0.29, 0.717) is 10.1 Å². The van der Waals surface area contributed by atoms with Crippen LogP contribution in [-0.4, -0.2) is 5.11 Å². The Hall–Kier alpha value is -0.850. The van der Waals surface area contributed by atoms with Crippen LogP contribution >= 0.6 is 46.4 Å². The third-order valence-corrected chi connectivity index (χ3v) is 3.54. The largest absolute Gasteiger partial charge is 0.332 e. The first-order valence-electron chi connectivity index (χ1n) is 5.23. The number of thiocarbonyl (C=S) groups is 1. The van der Waals surface area contributed by atoms with Crippen LogP contribution in [0.1, 0.15) is 0 Å². The van der Waals surface area contributed by atoms with E-state index < -0.39 is 0 Å². The summed E-state index contributed by atoms with van der Waals surface area (Å²) in [6.07, 6.45) is 0. The van der Waals surface area contributed by atoms with Gasteiger partial charge in [-0.2, -0.15) is 0 Å². The predicted molar refractivity (Wildman–Crippen MR) is 90.5 cm³/mol. The molecule has 0 aromatic heterocycles. The standard InChI is InChI=1S/C13H10ClIN2S/c14-9-6-7-12(11(15)8-9)17-13(18)16-10-4-2-1-3-5-10/h1-8H,(H2,16,17,18). The Kier molecular flexibility index (Phi) is 4.79. The maximum atomic E-state index is 5.90. The first-order chi connectivity index (χ1) is 8.65. The molecule has 2 nitrogen and oxygen atoms in total. The van der Waals surface area contributed by atoms with Crippen molar-refractivity contribution in [1.82, 2.24) is 0 Å². The molecule has 0 aliphatic carbocycles. The summed E-state index contributed by atoms with van der Waals surface area (Å²) in [5.74, 6) is 0. The second-order valence-corrected chi connectivity index (χ2v) is 5.58. The van der Waals surface area contributed by atoms with Gasteiger partial charge in [0.2, 0.25) is 0 Å². The zero-order valence-corrected chi connectivity index (χ0v) is 13.0. The van der Waals surface area contributed by atoms with Crippen molar-refractivity contribution in [3.63, 3.8) is 0 Å². The van der Waals surface area contributed by atoms with Gasteiger partial charge in [0.15, 0.2) is 5.11 Å². The summed E-state index contributed by atoms with van der Waals surface area (Å²) >= 11 is 13.4. The molecule has 0 saturated carbocycles. The number of halogens is 2. The van der Waals surface area contributed by atoms with E-state index in [-0.39, 0.29) is 0 Å². The molecule has 92 valence electrons. The number of para-hydroxylation sites is 1. The molecule has 0 heterocycles. The lowest BCUT2D eigenvalue weighted by Crippen LogP contribution is -2.19. The van der Waals surface area contributed by atoms with Crippen molar-refractivity contribution in [3.8, 4) is 0 Å². The second-order valence-electron chi connectivity index (χ2n) is 3.57. The molecular weight excluding hydrogens is 379 g/mol. The third-order valence-electron chi connectivity index (χ3n) is 2.21. The summed E-state index contributed by atoms with van der Waals surface area (Å²) < 4.78 is 1.03. The van der Waals surface area contributed by atoms with Gasteiger partial charge in [-0.1, -0.05) is 29.8 Å². The van der Waals surface area contributed by atoms with Crippen molar-refractivity contribution in [2.75, 3.05) is 10.6 Å². The van der Waals surface area contributed by atoms with E-state index in [1.807, 2.05) is 48.5 Å². The molecule has 0 fully saturated rings. The van der Waals surface area contributed by atoms with Gasteiger partial charge in [-0.15, -0.1) is 0 Å². The minimum Gasteiger partial charge on any atom is -0.332 e. The molecule has 0 aliphatic rings. The van der Waals surface area contributed by atoms with Gasteiger partial charge < -0.3 is 10.6 Å². The quantitative estimate of drug-likeness (QED) is 0.573. The molecule has 0 atom stereocenters. The molecule has 0 aliphatic heterocycles. The van der Waals surface area contributed by atoms with Crippen molar-refractivity contribution >= 4 is 62.9 Å². The first kappa shape index (κ1) is 13.6. The van der Waals surface area contributed by atoms with Crippen LogP contribution in [0.5, 0.6) is 0 Å². The lowest BCUT2D eigenvalue weighted by Gasteiger charge is -2.11. The van der Waals surface area contributed by atoms with Crippen LogP contribution < -0.4 is 10.6 Å². The van der Waals surface area contributed by atoms with Crippen molar-refractivity contribution in [2.24, 2.45) is 0 Å². The van der Waals surface area contributed by atoms with E-state index in [0.717, 1.165) is 14.9 Å². The van der Waals surface area contributed by atoms with Crippen LogP contribution in [0, 0.1) is 3.57 Å². The van der Waals surface area contributed by atoms with Gasteiger partial charge in [0.25, 0.3) is 0 Å². The van der Waals surface area contributed by atoms with E-state index >= 15 is 0 Å². The van der Waals surface area contributed by atoms with E-state index in [4.69, 9.17) is 23.8 Å². The second kappa shape index (κ2) is 6.36. The summed E-state index contributed by atoms with van der Waals surface area (Å²) in [5.41, 5.74) is 1.90. The normalized spacial score (nSPS) is 9.89. The van der Waals surface area contributed by atoms with E-state index in [9.17, 15) is 0 Å². The van der Waals surface area contributed by atoms with Crippen molar-refractivity contribution in [3.05, 3.63) is 57.1 Å². The molecule has 5 heteroatoms. The summed E-state index contributed by atoms with van der Waals surface area (Å²) in [6.45, 7) is 0. The number of hydrogen-bond acceptors (Lipinski definition) is 1. The van der Waals surface area contributed by atoms with Crippen LogP contribution in [0.15, 0.2) is 48.5 Å². The Balaban J connectivity index is 2.03. The predicted octanol–water partition coefficient (Wildman–Crippen LogP) is 4.75. The average molecular weight is 389 g/mol. The molecule has 2 rings (SSSR count). The van der Waals surface area contributed by atoms with Gasteiger partial charge in [0.1, 0.15) is 0 Å². The number of anilines is 2. The van der Waals surface area contributed by atoms with Crippen molar-refractivity contribution in [1.29, 1.82) is 0 Å². The molecule has 2 aromatic rings. The molecule has 0 amide bonds. The lowest BCUT2D eigenvalue weighted by molar-refractivity contribution is 1.57. The summed E-state index contributed by atoms with van der Waals surface area (Å²) in [7, 11) is 0. The van der Waals surface area contributed by atoms with Crippen LogP contribution in [0.25, 0.3) is 0 Å². The van der Waals surface area contributed by atoms with E-state index in [1.54, 1.807) is 0 Å². The fourth-order valence-corrected chi connectivity index (χ4v) is 2.63. The SMILES string of the molecule is S=C(Nc1ccccc1)Nc1ccc(Cl)cc1I. The molecule has 2 N–H and O–H groups in total. The molecule has 0 bridgehead atoms. The molecule has 2 aromatic carbocycles. The topological polar surface area (TPSA) is 24.1 Å². The highest BCUT2D eigenvalue weighted by Crippen LogP contribution is 2.22. The Bertz CT molecular complexity index is 560. The van der Waals surface area contributed by atoms with Gasteiger partial charge in [0, 0.05) is 14.3 Å². The highest BCUT2D eigenvalue weighted by Gasteiger charge is 2.03. The first-order valence-corrected chi connectivity index (χ1v) is 7.10. The summed E-state index contributed by atoms with van der Waals surface area (Å²) in [5, 5.41) is 7.53. The smallest absolute Gasteiger partial charge is 0.175 e. The lowest BCUT2D eigenvalue weighted by atomic mass is 10.3. The van der Waals surface area contributed by atoms with Gasteiger partial charge >= 0.3 is 0 Å². The molecule has 0 radical (unpaired) electrons. The van der Waals surface area contributed by atoms with Crippen LogP contribution in [-0.2, 0) is 0 Å². The minimum atomic E-state index is 0.557. The minimum absolute atomic E-state index is 0.557. The maximum absolute atomic E-state index is 5.90. The summed E-state index contributed by atoms with van der Waals surface area (Å²) in [4.78, 5) is 0. The molecule has 0 spiro atoms. The highest BCUT2D eigenvalue weighted by molar-refractivity contribution is 14.1. The average Bonchev–Trinajstić information content (AvgIpc) is 2.34. The number of nitrogens with one attached hydrogen (secondary N) is 2. The van der Waals surface area contributed by atoms with Crippen LogP contribution in [0.2, 0.25) is 5.02 Å². The van der Waals surface area contributed by atoms with Gasteiger partial charge in [0.05, 0.1) is 5.69 Å². The molecule has 0 saturated heterocycles. The molecule has 0 unspecified atom stereocenters. The Morgan fingerprint density at radius 3 is 2.44 bits per heavy atom.